The van der Waals surface area contributed by atoms with Crippen molar-refractivity contribution < 1.29 is 14.3 Å². The molecule has 32 heavy (non-hydrogen) atoms. The third-order valence-electron chi connectivity index (χ3n) is 5.80. The maximum Gasteiger partial charge on any atom is 0.251 e. The van der Waals surface area contributed by atoms with Gasteiger partial charge in [0, 0.05) is 53.7 Å². The standard InChI is InChI=1S/C25H29N3O3S/c1-31-20-11-9-19(10-12-20)25(30)26-13-16-28-17-23(21-7-3-4-8-22(21)28)32-18-24(29)27-14-5-2-6-15-27/h3-4,7-12,17H,2,5-6,13-16,18H2,1H3,(H,26,30). The SMILES string of the molecule is COc1ccc(C(=O)NCCn2cc(SCC(=O)N3CCCCC3)c3ccccc32)cc1. The zero-order valence-electron chi connectivity index (χ0n) is 18.4. The molecule has 2 amide bonds. The summed E-state index contributed by atoms with van der Waals surface area (Å²) in [5.41, 5.74) is 1.72. The Bertz CT molecular complexity index is 1070. The van der Waals surface area contributed by atoms with Gasteiger partial charge < -0.3 is 19.5 Å². The van der Waals surface area contributed by atoms with E-state index in [4.69, 9.17) is 4.74 Å². The number of rotatable bonds is 8. The summed E-state index contributed by atoms with van der Waals surface area (Å²) in [5.74, 6) is 1.30. The van der Waals surface area contributed by atoms with Crippen molar-refractivity contribution in [2.75, 3.05) is 32.5 Å². The normalized spacial score (nSPS) is 13.8. The predicted octanol–water partition coefficient (Wildman–Crippen LogP) is 4.18. The van der Waals surface area contributed by atoms with Crippen LogP contribution in [0.5, 0.6) is 5.75 Å². The average Bonchev–Trinajstić information content (AvgIpc) is 3.20. The number of nitrogens with one attached hydrogen (secondary N) is 1. The molecule has 1 aromatic heterocycles. The molecule has 0 radical (unpaired) electrons. The van der Waals surface area contributed by atoms with Gasteiger partial charge in [0.05, 0.1) is 12.9 Å². The van der Waals surface area contributed by atoms with Crippen molar-refractivity contribution in [3.63, 3.8) is 0 Å². The summed E-state index contributed by atoms with van der Waals surface area (Å²) in [6, 6.07) is 15.3. The maximum atomic E-state index is 12.6. The minimum Gasteiger partial charge on any atom is -0.497 e. The number of para-hydroxylation sites is 1. The number of piperidine rings is 1. The van der Waals surface area contributed by atoms with Crippen molar-refractivity contribution in [3.05, 3.63) is 60.3 Å². The molecule has 0 spiro atoms. The van der Waals surface area contributed by atoms with Gasteiger partial charge in [-0.2, -0.15) is 0 Å². The Morgan fingerprint density at radius 1 is 1.03 bits per heavy atom. The first-order valence-corrected chi connectivity index (χ1v) is 12.0. The Balaban J connectivity index is 1.37. The predicted molar refractivity (Wildman–Crippen MR) is 128 cm³/mol. The first-order valence-electron chi connectivity index (χ1n) is 11.1. The maximum absolute atomic E-state index is 12.6. The molecule has 4 rings (SSSR count). The topological polar surface area (TPSA) is 63.6 Å². The molecule has 1 aliphatic heterocycles. The van der Waals surface area contributed by atoms with Crippen LogP contribution in [-0.4, -0.2) is 53.8 Å². The van der Waals surface area contributed by atoms with Gasteiger partial charge in [-0.3, -0.25) is 9.59 Å². The number of hydrogen-bond donors (Lipinski definition) is 1. The second kappa shape index (κ2) is 10.6. The summed E-state index contributed by atoms with van der Waals surface area (Å²) in [6.45, 7) is 2.94. The number of aromatic nitrogens is 1. The number of ether oxygens (including phenoxy) is 1. The minimum absolute atomic E-state index is 0.106. The summed E-state index contributed by atoms with van der Waals surface area (Å²) >= 11 is 1.60. The Morgan fingerprint density at radius 2 is 1.78 bits per heavy atom. The molecule has 2 heterocycles. The first kappa shape index (κ1) is 22.3. The molecule has 0 atom stereocenters. The van der Waals surface area contributed by atoms with Crippen molar-refractivity contribution in [2.24, 2.45) is 0 Å². The van der Waals surface area contributed by atoms with E-state index in [9.17, 15) is 9.59 Å². The molecule has 1 saturated heterocycles. The summed E-state index contributed by atoms with van der Waals surface area (Å²) in [7, 11) is 1.60. The van der Waals surface area contributed by atoms with E-state index in [1.54, 1.807) is 43.1 Å². The molecule has 1 fully saturated rings. The molecule has 2 aromatic carbocycles. The van der Waals surface area contributed by atoms with Gasteiger partial charge in [-0.1, -0.05) is 18.2 Å². The number of carbonyl (C=O) groups is 2. The number of thioether (sulfide) groups is 1. The van der Waals surface area contributed by atoms with Gasteiger partial charge in [-0.05, 0) is 49.6 Å². The van der Waals surface area contributed by atoms with E-state index in [0.29, 0.717) is 24.4 Å². The molecule has 0 aliphatic carbocycles. The first-order chi connectivity index (χ1) is 15.7. The fourth-order valence-electron chi connectivity index (χ4n) is 4.02. The molecule has 7 heteroatoms. The fourth-order valence-corrected chi connectivity index (χ4v) is 5.01. The smallest absolute Gasteiger partial charge is 0.251 e. The highest BCUT2D eigenvalue weighted by atomic mass is 32.2. The van der Waals surface area contributed by atoms with Crippen LogP contribution >= 0.6 is 11.8 Å². The Hall–Kier alpha value is -2.93. The molecule has 0 unspecified atom stereocenters. The number of amides is 2. The molecule has 1 aliphatic rings. The van der Waals surface area contributed by atoms with Gasteiger partial charge in [-0.15, -0.1) is 11.8 Å². The molecule has 6 nitrogen and oxygen atoms in total. The molecular formula is C25H29N3O3S. The lowest BCUT2D eigenvalue weighted by atomic mass is 10.1. The number of nitrogens with zero attached hydrogens (tertiary/aromatic N) is 2. The van der Waals surface area contributed by atoms with E-state index in [1.807, 2.05) is 17.0 Å². The van der Waals surface area contributed by atoms with Crippen LogP contribution in [0, 0.1) is 0 Å². The van der Waals surface area contributed by atoms with Crippen LogP contribution in [0.2, 0.25) is 0 Å². The van der Waals surface area contributed by atoms with Crippen LogP contribution in [0.3, 0.4) is 0 Å². The van der Waals surface area contributed by atoms with Gasteiger partial charge in [0.25, 0.3) is 5.91 Å². The highest BCUT2D eigenvalue weighted by Gasteiger charge is 2.18. The molecule has 168 valence electrons. The van der Waals surface area contributed by atoms with Crippen molar-refractivity contribution in [1.82, 2.24) is 14.8 Å². The number of benzene rings is 2. The number of fused-ring (bicyclic) bond motifs is 1. The van der Waals surface area contributed by atoms with E-state index in [-0.39, 0.29) is 11.8 Å². The van der Waals surface area contributed by atoms with Gasteiger partial charge in [0.15, 0.2) is 0 Å². The Kier molecular flexibility index (Phi) is 7.37. The molecule has 0 saturated carbocycles. The Labute approximate surface area is 192 Å². The quantitative estimate of drug-likeness (QED) is 0.522. The van der Waals surface area contributed by atoms with Crippen LogP contribution in [0.25, 0.3) is 10.9 Å². The Morgan fingerprint density at radius 3 is 2.53 bits per heavy atom. The van der Waals surface area contributed by atoms with E-state index in [1.165, 1.54) is 6.42 Å². The molecule has 1 N–H and O–H groups in total. The van der Waals surface area contributed by atoms with Crippen LogP contribution in [0.1, 0.15) is 29.6 Å². The van der Waals surface area contributed by atoms with E-state index >= 15 is 0 Å². The van der Waals surface area contributed by atoms with Crippen LogP contribution in [-0.2, 0) is 11.3 Å². The van der Waals surface area contributed by atoms with Crippen LogP contribution in [0.4, 0.5) is 0 Å². The second-order valence-electron chi connectivity index (χ2n) is 7.92. The van der Waals surface area contributed by atoms with Crippen molar-refractivity contribution in [3.8, 4) is 5.75 Å². The zero-order chi connectivity index (χ0) is 22.3. The average molecular weight is 452 g/mol. The third-order valence-corrected chi connectivity index (χ3v) is 6.83. The lowest BCUT2D eigenvalue weighted by Gasteiger charge is -2.26. The number of carbonyl (C=O) groups excluding carboxylic acids is 2. The van der Waals surface area contributed by atoms with Gasteiger partial charge >= 0.3 is 0 Å². The van der Waals surface area contributed by atoms with Crippen molar-refractivity contribution in [1.29, 1.82) is 0 Å². The monoisotopic (exact) mass is 451 g/mol. The van der Waals surface area contributed by atoms with Crippen LogP contribution < -0.4 is 10.1 Å². The number of methoxy groups -OCH3 is 1. The summed E-state index contributed by atoms with van der Waals surface area (Å²) in [5, 5.41) is 4.13. The second-order valence-corrected chi connectivity index (χ2v) is 8.94. The lowest BCUT2D eigenvalue weighted by Crippen LogP contribution is -2.36. The van der Waals surface area contributed by atoms with Crippen molar-refractivity contribution in [2.45, 2.75) is 30.7 Å². The minimum atomic E-state index is -0.106. The summed E-state index contributed by atoms with van der Waals surface area (Å²) < 4.78 is 7.29. The van der Waals surface area contributed by atoms with E-state index in [2.05, 4.69) is 28.2 Å². The zero-order valence-corrected chi connectivity index (χ0v) is 19.2. The van der Waals surface area contributed by atoms with Gasteiger partial charge in [-0.25, -0.2) is 0 Å². The fraction of sp³-hybridized carbons (Fsp3) is 0.360. The van der Waals surface area contributed by atoms with Crippen molar-refractivity contribution >= 4 is 34.5 Å². The highest BCUT2D eigenvalue weighted by molar-refractivity contribution is 8.00. The summed E-state index contributed by atoms with van der Waals surface area (Å²) in [4.78, 5) is 28.1. The molecule has 3 aromatic rings. The molecular weight excluding hydrogens is 422 g/mol. The third kappa shape index (κ3) is 5.27. The lowest BCUT2D eigenvalue weighted by molar-refractivity contribution is -0.129. The highest BCUT2D eigenvalue weighted by Crippen LogP contribution is 2.30. The van der Waals surface area contributed by atoms with E-state index in [0.717, 1.165) is 47.5 Å². The van der Waals surface area contributed by atoms with Gasteiger partial charge in [0.2, 0.25) is 5.91 Å². The summed E-state index contributed by atoms with van der Waals surface area (Å²) in [6.07, 6.45) is 5.54. The van der Waals surface area contributed by atoms with Gasteiger partial charge in [0.1, 0.15) is 5.75 Å². The number of hydrogen-bond acceptors (Lipinski definition) is 4. The van der Waals surface area contributed by atoms with E-state index < -0.39 is 0 Å². The number of likely N-dealkylation sites (tertiary alicyclic amines) is 1. The molecule has 0 bridgehead atoms. The van der Waals surface area contributed by atoms with Crippen LogP contribution in [0.15, 0.2) is 59.6 Å². The largest absolute Gasteiger partial charge is 0.497 e.